The molecule has 1 heterocycles. The second-order valence-electron chi connectivity index (χ2n) is 2.67. The van der Waals surface area contributed by atoms with Gasteiger partial charge in [0.2, 0.25) is 0 Å². The average Bonchev–Trinajstić information content (AvgIpc) is 2.52. The maximum Gasteiger partial charge on any atom is 0.140 e. The van der Waals surface area contributed by atoms with Crippen LogP contribution in [0, 0.1) is 0 Å². The van der Waals surface area contributed by atoms with Gasteiger partial charge in [-0.05, 0) is 6.92 Å². The van der Waals surface area contributed by atoms with Gasteiger partial charge in [-0.25, -0.2) is 4.98 Å². The zero-order chi connectivity index (χ0) is 9.52. The lowest BCUT2D eigenvalue weighted by molar-refractivity contribution is 0.149. The Balaban J connectivity index is 2.10. The van der Waals surface area contributed by atoms with E-state index in [9.17, 15) is 0 Å². The molecule has 5 heteroatoms. The molecule has 0 fully saturated rings. The Morgan fingerprint density at radius 1 is 1.62 bits per heavy atom. The summed E-state index contributed by atoms with van der Waals surface area (Å²) >= 11 is 0. The Morgan fingerprint density at radius 3 is 3.08 bits per heavy atom. The van der Waals surface area contributed by atoms with E-state index in [-0.39, 0.29) is 0 Å². The van der Waals surface area contributed by atoms with Gasteiger partial charge in [0.15, 0.2) is 0 Å². The summed E-state index contributed by atoms with van der Waals surface area (Å²) in [6.45, 7) is 5.09. The van der Waals surface area contributed by atoms with Gasteiger partial charge in [-0.3, -0.25) is 4.68 Å². The van der Waals surface area contributed by atoms with Crippen LogP contribution in [0.5, 0.6) is 0 Å². The van der Waals surface area contributed by atoms with Gasteiger partial charge >= 0.3 is 0 Å². The summed E-state index contributed by atoms with van der Waals surface area (Å²) in [4.78, 5) is 4.08. The second kappa shape index (κ2) is 5.66. The molecule has 13 heavy (non-hydrogen) atoms. The topological polar surface area (TPSA) is 52.0 Å². The normalized spacial score (nSPS) is 10.6. The van der Waals surface area contributed by atoms with Crippen LogP contribution in [0.15, 0.2) is 6.33 Å². The van der Waals surface area contributed by atoms with Crippen LogP contribution in [0.4, 0.5) is 0 Å². The second-order valence-corrected chi connectivity index (χ2v) is 2.67. The van der Waals surface area contributed by atoms with Gasteiger partial charge < -0.3 is 10.1 Å². The Morgan fingerprint density at radius 2 is 2.46 bits per heavy atom. The highest BCUT2D eigenvalue weighted by Crippen LogP contribution is 1.88. The third-order valence-electron chi connectivity index (χ3n) is 1.72. The fourth-order valence-corrected chi connectivity index (χ4v) is 0.969. The van der Waals surface area contributed by atoms with Crippen molar-refractivity contribution in [2.75, 3.05) is 19.8 Å². The van der Waals surface area contributed by atoms with E-state index in [1.54, 1.807) is 11.0 Å². The summed E-state index contributed by atoms with van der Waals surface area (Å²) in [5.41, 5.74) is 0. The van der Waals surface area contributed by atoms with Gasteiger partial charge in [0.05, 0.1) is 13.2 Å². The molecule has 0 aliphatic carbocycles. The lowest BCUT2D eigenvalue weighted by atomic mass is 10.5. The first-order valence-corrected chi connectivity index (χ1v) is 4.46. The van der Waals surface area contributed by atoms with E-state index in [1.165, 1.54) is 0 Å². The monoisotopic (exact) mass is 184 g/mol. The third kappa shape index (κ3) is 3.52. The quantitative estimate of drug-likeness (QED) is 0.629. The zero-order valence-electron chi connectivity index (χ0n) is 8.16. The first-order valence-electron chi connectivity index (χ1n) is 4.46. The van der Waals surface area contributed by atoms with E-state index in [2.05, 4.69) is 15.4 Å². The minimum atomic E-state index is 0.740. The van der Waals surface area contributed by atoms with Crippen LogP contribution in [-0.2, 0) is 18.3 Å². The number of hydrogen-bond acceptors (Lipinski definition) is 4. The van der Waals surface area contributed by atoms with E-state index in [0.717, 1.165) is 32.1 Å². The average molecular weight is 184 g/mol. The lowest BCUT2D eigenvalue weighted by Crippen LogP contribution is -2.21. The molecule has 5 nitrogen and oxygen atoms in total. The van der Waals surface area contributed by atoms with Crippen molar-refractivity contribution in [3.63, 3.8) is 0 Å². The van der Waals surface area contributed by atoms with Crippen molar-refractivity contribution < 1.29 is 4.74 Å². The molecule has 1 aromatic rings. The Hall–Kier alpha value is -0.940. The van der Waals surface area contributed by atoms with Gasteiger partial charge in [0.1, 0.15) is 12.2 Å². The fourth-order valence-electron chi connectivity index (χ4n) is 0.969. The number of aryl methyl sites for hydroxylation is 1. The summed E-state index contributed by atoms with van der Waals surface area (Å²) in [6, 6.07) is 0. The van der Waals surface area contributed by atoms with Crippen molar-refractivity contribution in [1.29, 1.82) is 0 Å². The van der Waals surface area contributed by atoms with E-state index in [1.807, 2.05) is 14.0 Å². The molecule has 0 amide bonds. The maximum atomic E-state index is 5.18. The zero-order valence-corrected chi connectivity index (χ0v) is 8.16. The lowest BCUT2D eigenvalue weighted by Gasteiger charge is -2.03. The van der Waals surface area contributed by atoms with Crippen molar-refractivity contribution in [3.05, 3.63) is 12.2 Å². The summed E-state index contributed by atoms with van der Waals surface area (Å²) < 4.78 is 6.94. The number of rotatable bonds is 6. The molecule has 0 bridgehead atoms. The van der Waals surface area contributed by atoms with Gasteiger partial charge in [-0.15, -0.1) is 0 Å². The molecule has 0 aliphatic heterocycles. The highest BCUT2D eigenvalue weighted by molar-refractivity contribution is 4.81. The van der Waals surface area contributed by atoms with E-state index >= 15 is 0 Å². The van der Waals surface area contributed by atoms with Gasteiger partial charge in [-0.1, -0.05) is 0 Å². The first-order chi connectivity index (χ1) is 6.34. The Bertz CT molecular complexity index is 236. The van der Waals surface area contributed by atoms with Gasteiger partial charge in [0, 0.05) is 20.2 Å². The number of ether oxygens (including phenoxy) is 1. The van der Waals surface area contributed by atoms with E-state index in [0.29, 0.717) is 0 Å². The van der Waals surface area contributed by atoms with Crippen LogP contribution in [0.2, 0.25) is 0 Å². The number of nitrogens with one attached hydrogen (secondary N) is 1. The highest BCUT2D eigenvalue weighted by atomic mass is 16.5. The summed E-state index contributed by atoms with van der Waals surface area (Å²) in [5, 5.41) is 7.18. The molecule has 0 saturated carbocycles. The minimum absolute atomic E-state index is 0.740. The summed E-state index contributed by atoms with van der Waals surface area (Å²) in [7, 11) is 1.88. The van der Waals surface area contributed by atoms with Crippen LogP contribution in [-0.4, -0.2) is 34.5 Å². The molecule has 0 saturated heterocycles. The summed E-state index contributed by atoms with van der Waals surface area (Å²) in [6.07, 6.45) is 1.56. The van der Waals surface area contributed by atoms with Gasteiger partial charge in [-0.2, -0.15) is 5.10 Å². The predicted molar refractivity (Wildman–Crippen MR) is 49.2 cm³/mol. The first kappa shape index (κ1) is 10.1. The number of hydrogen-bond donors (Lipinski definition) is 1. The smallest absolute Gasteiger partial charge is 0.140 e. The van der Waals surface area contributed by atoms with Crippen LogP contribution in [0.25, 0.3) is 0 Å². The van der Waals surface area contributed by atoms with Crippen LogP contribution >= 0.6 is 0 Å². The number of nitrogens with zero attached hydrogens (tertiary/aromatic N) is 3. The molecular formula is C8H16N4O. The van der Waals surface area contributed by atoms with E-state index in [4.69, 9.17) is 4.74 Å². The molecule has 0 radical (unpaired) electrons. The third-order valence-corrected chi connectivity index (χ3v) is 1.72. The molecule has 74 valence electrons. The van der Waals surface area contributed by atoms with Crippen LogP contribution < -0.4 is 5.32 Å². The van der Waals surface area contributed by atoms with Crippen LogP contribution in [0.1, 0.15) is 12.7 Å². The van der Waals surface area contributed by atoms with Gasteiger partial charge in [0.25, 0.3) is 0 Å². The molecule has 0 aliphatic rings. The van der Waals surface area contributed by atoms with Crippen molar-refractivity contribution >= 4 is 0 Å². The van der Waals surface area contributed by atoms with Crippen molar-refractivity contribution in [1.82, 2.24) is 20.1 Å². The Labute approximate surface area is 78.1 Å². The maximum absolute atomic E-state index is 5.18. The molecule has 0 atom stereocenters. The molecule has 0 aromatic carbocycles. The standard InChI is InChI=1S/C8H16N4O/c1-3-13-5-4-9-6-8-10-7-11-12(8)2/h7,9H,3-6H2,1-2H3. The molecule has 0 spiro atoms. The Kier molecular flexibility index (Phi) is 4.42. The largest absolute Gasteiger partial charge is 0.380 e. The molecule has 1 rings (SSSR count). The molecule has 1 N–H and O–H groups in total. The molecule has 1 aromatic heterocycles. The van der Waals surface area contributed by atoms with Crippen molar-refractivity contribution in [3.8, 4) is 0 Å². The van der Waals surface area contributed by atoms with Crippen molar-refractivity contribution in [2.45, 2.75) is 13.5 Å². The molecular weight excluding hydrogens is 168 g/mol. The van der Waals surface area contributed by atoms with Crippen molar-refractivity contribution in [2.24, 2.45) is 7.05 Å². The molecule has 0 unspecified atom stereocenters. The van der Waals surface area contributed by atoms with E-state index < -0.39 is 0 Å². The fraction of sp³-hybridized carbons (Fsp3) is 0.750. The minimum Gasteiger partial charge on any atom is -0.380 e. The predicted octanol–water partition coefficient (Wildman–Crippen LogP) is -0.0588. The SMILES string of the molecule is CCOCCNCc1ncnn1C. The summed E-state index contributed by atoms with van der Waals surface area (Å²) in [5.74, 6) is 0.941. The van der Waals surface area contributed by atoms with Crippen LogP contribution in [0.3, 0.4) is 0 Å². The highest BCUT2D eigenvalue weighted by Gasteiger charge is 1.97. The number of aromatic nitrogens is 3.